The van der Waals surface area contributed by atoms with Gasteiger partial charge in [-0.2, -0.15) is 0 Å². The van der Waals surface area contributed by atoms with Crippen LogP contribution in [0.5, 0.6) is 0 Å². The molecule has 0 atom stereocenters. The van der Waals surface area contributed by atoms with Gasteiger partial charge in [0.25, 0.3) is 0 Å². The van der Waals surface area contributed by atoms with E-state index in [4.69, 9.17) is 0 Å². The molecule has 3 heteroatoms. The Bertz CT molecular complexity index is 360. The monoisotopic (exact) mass is 234 g/mol. The molecule has 2 rings (SSSR count). The highest BCUT2D eigenvalue weighted by molar-refractivity contribution is 5.86. The second kappa shape index (κ2) is 5.71. The highest BCUT2D eigenvalue weighted by Gasteiger charge is 2.36. The third-order valence-electron chi connectivity index (χ3n) is 2.49. The summed E-state index contributed by atoms with van der Waals surface area (Å²) in [5, 5.41) is 2.93. The maximum Gasteiger partial charge on any atom is 0.241 e. The predicted molar refractivity (Wildman–Crippen MR) is 72.0 cm³/mol. The van der Waals surface area contributed by atoms with Crippen LogP contribution in [0.15, 0.2) is 30.3 Å². The third kappa shape index (κ3) is 3.48. The molecular formula is C14H22N2O. The van der Waals surface area contributed by atoms with Gasteiger partial charge in [0, 0.05) is 5.69 Å². The van der Waals surface area contributed by atoms with Gasteiger partial charge < -0.3 is 10.2 Å². The van der Waals surface area contributed by atoms with Gasteiger partial charge in [0.15, 0.2) is 0 Å². The fraction of sp³-hybridized carbons (Fsp3) is 0.500. The molecule has 0 bridgehead atoms. The minimum Gasteiger partial charge on any atom is -0.340 e. The number of hydrogen-bond acceptors (Lipinski definition) is 2. The minimum absolute atomic E-state index is 0.0823. The van der Waals surface area contributed by atoms with Gasteiger partial charge in [-0.05, 0) is 26.0 Å². The summed E-state index contributed by atoms with van der Waals surface area (Å²) in [6, 6.07) is 9.97. The molecule has 0 saturated carbocycles. The second-order valence-corrected chi connectivity index (χ2v) is 4.74. The highest BCUT2D eigenvalue weighted by atomic mass is 16.2. The number of benzene rings is 1. The Labute approximate surface area is 104 Å². The lowest BCUT2D eigenvalue weighted by molar-refractivity contribution is -0.118. The summed E-state index contributed by atoms with van der Waals surface area (Å²) in [7, 11) is 0. The minimum atomic E-state index is -0.279. The van der Waals surface area contributed by atoms with E-state index >= 15 is 0 Å². The largest absolute Gasteiger partial charge is 0.340 e. The van der Waals surface area contributed by atoms with Crippen LogP contribution in [0.1, 0.15) is 34.1 Å². The van der Waals surface area contributed by atoms with Crippen molar-refractivity contribution < 1.29 is 4.79 Å². The number of carbonyl (C=O) groups is 1. The number of rotatable bonds is 1. The molecule has 17 heavy (non-hydrogen) atoms. The number of para-hydroxylation sites is 1. The Morgan fingerprint density at radius 2 is 1.76 bits per heavy atom. The lowest BCUT2D eigenvalue weighted by Gasteiger charge is -2.32. The smallest absolute Gasteiger partial charge is 0.241 e. The average Bonchev–Trinajstić information content (AvgIpc) is 2.54. The van der Waals surface area contributed by atoms with E-state index in [1.807, 2.05) is 44.2 Å². The van der Waals surface area contributed by atoms with Crippen molar-refractivity contribution in [2.75, 3.05) is 11.4 Å². The molecule has 1 amide bonds. The fourth-order valence-corrected chi connectivity index (χ4v) is 1.81. The molecule has 1 heterocycles. The van der Waals surface area contributed by atoms with E-state index in [2.05, 4.69) is 24.1 Å². The first-order valence-electron chi connectivity index (χ1n) is 6.15. The lowest BCUT2D eigenvalue weighted by Crippen LogP contribution is -2.46. The van der Waals surface area contributed by atoms with Crippen LogP contribution in [0, 0.1) is 0 Å². The van der Waals surface area contributed by atoms with Gasteiger partial charge in [0.2, 0.25) is 5.91 Å². The van der Waals surface area contributed by atoms with Gasteiger partial charge in [-0.3, -0.25) is 4.79 Å². The molecule has 0 aliphatic carbocycles. The number of amides is 1. The molecular weight excluding hydrogens is 212 g/mol. The Hall–Kier alpha value is -1.51. The standard InChI is InChI=1S/C11H14N2O.C3H8/c1-11(2)12-10(14)8-13(11)9-6-4-3-5-7-9;1-3-2/h3-7H,8H2,1-2H3,(H,12,14);3H2,1-2H3. The lowest BCUT2D eigenvalue weighted by atomic mass is 10.2. The van der Waals surface area contributed by atoms with Gasteiger partial charge in [0.1, 0.15) is 5.66 Å². The van der Waals surface area contributed by atoms with E-state index < -0.39 is 0 Å². The molecule has 0 aromatic heterocycles. The zero-order valence-corrected chi connectivity index (χ0v) is 11.2. The normalized spacial score (nSPS) is 17.2. The van der Waals surface area contributed by atoms with Crippen molar-refractivity contribution in [1.82, 2.24) is 5.32 Å². The van der Waals surface area contributed by atoms with Crippen molar-refractivity contribution in [1.29, 1.82) is 0 Å². The topological polar surface area (TPSA) is 32.3 Å². The van der Waals surface area contributed by atoms with E-state index in [1.165, 1.54) is 6.42 Å². The Balaban J connectivity index is 0.000000437. The molecule has 3 nitrogen and oxygen atoms in total. The fourth-order valence-electron chi connectivity index (χ4n) is 1.81. The molecule has 1 aliphatic rings. The van der Waals surface area contributed by atoms with Crippen LogP contribution >= 0.6 is 0 Å². The van der Waals surface area contributed by atoms with Crippen LogP contribution in [0.3, 0.4) is 0 Å². The van der Waals surface area contributed by atoms with E-state index in [-0.39, 0.29) is 11.6 Å². The van der Waals surface area contributed by atoms with Crippen LogP contribution in [0.2, 0.25) is 0 Å². The molecule has 1 fully saturated rings. The van der Waals surface area contributed by atoms with Crippen LogP contribution in [0.4, 0.5) is 5.69 Å². The molecule has 0 spiro atoms. The summed E-state index contributed by atoms with van der Waals surface area (Å²) in [4.78, 5) is 13.4. The van der Waals surface area contributed by atoms with Gasteiger partial charge >= 0.3 is 0 Å². The van der Waals surface area contributed by atoms with E-state index in [0.29, 0.717) is 6.54 Å². The first-order chi connectivity index (χ1) is 8.01. The van der Waals surface area contributed by atoms with Crippen LogP contribution in [-0.4, -0.2) is 18.1 Å². The van der Waals surface area contributed by atoms with E-state index in [1.54, 1.807) is 0 Å². The molecule has 1 aliphatic heterocycles. The van der Waals surface area contributed by atoms with Crippen molar-refractivity contribution >= 4 is 11.6 Å². The Morgan fingerprint density at radius 1 is 1.24 bits per heavy atom. The quantitative estimate of drug-likeness (QED) is 0.810. The first-order valence-corrected chi connectivity index (χ1v) is 6.15. The molecule has 1 N–H and O–H groups in total. The Kier molecular flexibility index (Phi) is 4.55. The Morgan fingerprint density at radius 3 is 2.18 bits per heavy atom. The van der Waals surface area contributed by atoms with E-state index in [0.717, 1.165) is 5.69 Å². The van der Waals surface area contributed by atoms with Crippen LogP contribution in [0.25, 0.3) is 0 Å². The van der Waals surface area contributed by atoms with E-state index in [9.17, 15) is 4.79 Å². The number of nitrogens with zero attached hydrogens (tertiary/aromatic N) is 1. The second-order valence-electron chi connectivity index (χ2n) is 4.74. The van der Waals surface area contributed by atoms with Gasteiger partial charge in [-0.15, -0.1) is 0 Å². The SMILES string of the molecule is CC1(C)NC(=O)CN1c1ccccc1.CCC. The maximum absolute atomic E-state index is 11.3. The van der Waals surface area contributed by atoms with Crippen molar-refractivity contribution in [2.24, 2.45) is 0 Å². The molecule has 1 aromatic carbocycles. The molecule has 0 unspecified atom stereocenters. The summed E-state index contributed by atoms with van der Waals surface area (Å²) in [6.07, 6.45) is 1.25. The van der Waals surface area contributed by atoms with Crippen LogP contribution in [-0.2, 0) is 4.79 Å². The van der Waals surface area contributed by atoms with Gasteiger partial charge in [-0.25, -0.2) is 0 Å². The number of anilines is 1. The number of hydrogen-bond donors (Lipinski definition) is 1. The maximum atomic E-state index is 11.3. The molecule has 0 radical (unpaired) electrons. The predicted octanol–water partition coefficient (Wildman–Crippen LogP) is 2.78. The van der Waals surface area contributed by atoms with Gasteiger partial charge in [-0.1, -0.05) is 38.5 Å². The average molecular weight is 234 g/mol. The summed E-state index contributed by atoms with van der Waals surface area (Å²) in [5.41, 5.74) is 0.800. The summed E-state index contributed by atoms with van der Waals surface area (Å²) >= 11 is 0. The van der Waals surface area contributed by atoms with Gasteiger partial charge in [0.05, 0.1) is 6.54 Å². The number of nitrogens with one attached hydrogen (secondary N) is 1. The van der Waals surface area contributed by atoms with Crippen LogP contribution < -0.4 is 10.2 Å². The number of carbonyl (C=O) groups excluding carboxylic acids is 1. The first kappa shape index (κ1) is 13.6. The molecule has 94 valence electrons. The molecule has 1 aromatic rings. The van der Waals surface area contributed by atoms with Crippen molar-refractivity contribution in [3.8, 4) is 0 Å². The molecule has 1 saturated heterocycles. The zero-order valence-electron chi connectivity index (χ0n) is 11.2. The van der Waals surface area contributed by atoms with Crippen molar-refractivity contribution in [2.45, 2.75) is 39.8 Å². The highest BCUT2D eigenvalue weighted by Crippen LogP contribution is 2.24. The summed E-state index contributed by atoms with van der Waals surface area (Å²) in [6.45, 7) is 8.70. The third-order valence-corrected chi connectivity index (χ3v) is 2.49. The summed E-state index contributed by atoms with van der Waals surface area (Å²) < 4.78 is 0. The van der Waals surface area contributed by atoms with Crippen molar-refractivity contribution in [3.05, 3.63) is 30.3 Å². The zero-order chi connectivity index (χ0) is 12.9. The van der Waals surface area contributed by atoms with Crippen molar-refractivity contribution in [3.63, 3.8) is 0 Å². The summed E-state index contributed by atoms with van der Waals surface area (Å²) in [5.74, 6) is 0.0823.